The van der Waals surface area contributed by atoms with Crippen LogP contribution >= 0.6 is 0 Å². The van der Waals surface area contributed by atoms with Crippen LogP contribution in [0.5, 0.6) is 5.88 Å². The van der Waals surface area contributed by atoms with Crippen molar-refractivity contribution in [3.05, 3.63) is 58.7 Å². The fourth-order valence-electron chi connectivity index (χ4n) is 4.69. The van der Waals surface area contributed by atoms with Crippen LogP contribution in [0, 0.1) is 18.7 Å². The average molecular weight is 415 g/mol. The molecule has 1 fully saturated rings. The van der Waals surface area contributed by atoms with Crippen LogP contribution < -0.4 is 10.1 Å². The Morgan fingerprint density at radius 2 is 2.10 bits per heavy atom. The number of hydrogen-bond donors (Lipinski definition) is 1. The first kappa shape index (κ1) is 18.5. The molecule has 0 amide bonds. The lowest BCUT2D eigenvalue weighted by Crippen LogP contribution is -2.20. The van der Waals surface area contributed by atoms with Crippen molar-refractivity contribution in [1.82, 2.24) is 4.98 Å². The molecule has 2 aliphatic carbocycles. The molecule has 6 heteroatoms. The van der Waals surface area contributed by atoms with E-state index >= 15 is 4.39 Å². The summed E-state index contributed by atoms with van der Waals surface area (Å²) in [4.78, 5) is 21.7. The van der Waals surface area contributed by atoms with E-state index in [1.54, 1.807) is 6.20 Å². The first-order valence-electron chi connectivity index (χ1n) is 10.8. The van der Waals surface area contributed by atoms with Crippen LogP contribution in [0.1, 0.15) is 36.0 Å². The Morgan fingerprint density at radius 1 is 1.23 bits per heavy atom. The van der Waals surface area contributed by atoms with Gasteiger partial charge in [-0.25, -0.2) is 9.37 Å². The van der Waals surface area contributed by atoms with Crippen LogP contribution in [0.2, 0.25) is 0 Å². The van der Waals surface area contributed by atoms with Crippen molar-refractivity contribution in [3.63, 3.8) is 0 Å². The Balaban J connectivity index is 1.40. The van der Waals surface area contributed by atoms with Crippen molar-refractivity contribution >= 4 is 22.8 Å². The molecule has 0 spiro atoms. The van der Waals surface area contributed by atoms with Gasteiger partial charge in [0.1, 0.15) is 18.1 Å². The number of ether oxygens (including phenoxy) is 1. The molecule has 6 rings (SSSR count). The predicted molar refractivity (Wildman–Crippen MR) is 118 cm³/mol. The van der Waals surface area contributed by atoms with Gasteiger partial charge in [-0.3, -0.25) is 9.79 Å². The molecule has 0 atom stereocenters. The van der Waals surface area contributed by atoms with Gasteiger partial charge in [0, 0.05) is 54.2 Å². The number of anilines is 1. The number of aromatic nitrogens is 1. The zero-order chi connectivity index (χ0) is 21.1. The van der Waals surface area contributed by atoms with Gasteiger partial charge in [0.25, 0.3) is 0 Å². The first-order chi connectivity index (χ1) is 15.1. The summed E-state index contributed by atoms with van der Waals surface area (Å²) >= 11 is 0. The number of pyridine rings is 1. The number of carbonyl (C=O) groups excluding carboxylic acids is 1. The Bertz CT molecular complexity index is 1240. The molecule has 3 heterocycles. The number of allylic oxidation sites excluding steroid dienone is 3. The maximum absolute atomic E-state index is 15.1. The highest BCUT2D eigenvalue weighted by molar-refractivity contribution is 6.26. The van der Waals surface area contributed by atoms with E-state index in [1.165, 1.54) is 24.6 Å². The summed E-state index contributed by atoms with van der Waals surface area (Å²) in [6.45, 7) is 3.26. The number of halogens is 1. The van der Waals surface area contributed by atoms with Crippen molar-refractivity contribution in [1.29, 1.82) is 0 Å². The summed E-state index contributed by atoms with van der Waals surface area (Å²) in [6.07, 6.45) is 8.80. The molecular weight excluding hydrogens is 393 g/mol. The number of nitrogens with zero attached hydrogens (tertiary/aromatic N) is 2. The Hall–Kier alpha value is -3.28. The van der Waals surface area contributed by atoms with E-state index in [4.69, 9.17) is 4.74 Å². The number of rotatable bonds is 3. The number of Topliss-reactive ketones (excluding diaryl/α,β-unsaturated/α-hetero) is 1. The van der Waals surface area contributed by atoms with Crippen molar-refractivity contribution in [2.45, 2.75) is 32.6 Å². The number of benzene rings is 1. The maximum Gasteiger partial charge on any atom is 0.237 e. The van der Waals surface area contributed by atoms with E-state index in [9.17, 15) is 4.79 Å². The number of aliphatic imine (C=N–C) groups is 1. The lowest BCUT2D eigenvalue weighted by molar-refractivity contribution is -0.112. The number of ketones is 1. The lowest BCUT2D eigenvalue weighted by atomic mass is 9.95. The molecule has 0 bridgehead atoms. The van der Waals surface area contributed by atoms with Crippen LogP contribution in [0.25, 0.3) is 16.7 Å². The smallest absolute Gasteiger partial charge is 0.237 e. The highest BCUT2D eigenvalue weighted by atomic mass is 19.1. The topological polar surface area (TPSA) is 63.6 Å². The minimum atomic E-state index is -0.346. The third-order valence-electron chi connectivity index (χ3n) is 6.54. The summed E-state index contributed by atoms with van der Waals surface area (Å²) in [5.74, 6) is 0.799. The van der Waals surface area contributed by atoms with Gasteiger partial charge in [0.05, 0.1) is 0 Å². The molecule has 0 unspecified atom stereocenters. The number of hydrogen-bond acceptors (Lipinski definition) is 5. The van der Waals surface area contributed by atoms with Gasteiger partial charge < -0.3 is 10.1 Å². The van der Waals surface area contributed by atoms with Crippen molar-refractivity contribution < 1.29 is 13.9 Å². The quantitative estimate of drug-likeness (QED) is 0.742. The molecule has 156 valence electrons. The molecule has 1 saturated carbocycles. The second-order valence-electron chi connectivity index (χ2n) is 8.67. The van der Waals surface area contributed by atoms with E-state index in [1.807, 2.05) is 25.3 Å². The van der Waals surface area contributed by atoms with Gasteiger partial charge in [0.2, 0.25) is 5.88 Å². The van der Waals surface area contributed by atoms with E-state index < -0.39 is 0 Å². The molecular formula is C25H22FN3O2. The highest BCUT2D eigenvalue weighted by Gasteiger charge is 2.32. The van der Waals surface area contributed by atoms with Gasteiger partial charge in [-0.15, -0.1) is 0 Å². The molecule has 4 aliphatic rings. The molecule has 0 radical (unpaired) electrons. The normalized spacial score (nSPS) is 20.7. The van der Waals surface area contributed by atoms with Gasteiger partial charge in [-0.05, 0) is 66.2 Å². The van der Waals surface area contributed by atoms with Crippen LogP contribution in [0.3, 0.4) is 0 Å². The molecule has 5 nitrogen and oxygen atoms in total. The lowest BCUT2D eigenvalue weighted by Gasteiger charge is -2.21. The average Bonchev–Trinajstić information content (AvgIpc) is 3.44. The fourth-order valence-corrected chi connectivity index (χ4v) is 4.69. The molecule has 2 aliphatic heterocycles. The SMILES string of the molecule is Cc1c(-c2cc(F)c3c(c2)/C(=C/C2=CN=C(C4CC4)C2)C(=O)C3)cnc2c1NCCO2. The summed E-state index contributed by atoms with van der Waals surface area (Å²) in [5.41, 5.74) is 7.33. The highest BCUT2D eigenvalue weighted by Crippen LogP contribution is 2.41. The first-order valence-corrected chi connectivity index (χ1v) is 10.8. The molecule has 1 N–H and O–H groups in total. The van der Waals surface area contributed by atoms with Crippen LogP contribution in [0.15, 0.2) is 41.2 Å². The van der Waals surface area contributed by atoms with E-state index in [0.717, 1.165) is 28.8 Å². The number of nitrogens with one attached hydrogen (secondary N) is 1. The minimum Gasteiger partial charge on any atom is -0.474 e. The summed E-state index contributed by atoms with van der Waals surface area (Å²) < 4.78 is 20.7. The Kier molecular flexibility index (Phi) is 4.10. The van der Waals surface area contributed by atoms with Gasteiger partial charge in [0.15, 0.2) is 5.78 Å². The van der Waals surface area contributed by atoms with Crippen LogP contribution in [-0.2, 0) is 11.2 Å². The molecule has 2 aromatic rings. The minimum absolute atomic E-state index is 0.0397. The van der Waals surface area contributed by atoms with E-state index in [-0.39, 0.29) is 18.0 Å². The summed E-state index contributed by atoms with van der Waals surface area (Å²) in [6, 6.07) is 3.44. The summed E-state index contributed by atoms with van der Waals surface area (Å²) in [5, 5.41) is 3.32. The second-order valence-corrected chi connectivity index (χ2v) is 8.67. The predicted octanol–water partition coefficient (Wildman–Crippen LogP) is 4.65. The van der Waals surface area contributed by atoms with Gasteiger partial charge in [-0.2, -0.15) is 0 Å². The molecule has 1 aromatic heterocycles. The third-order valence-corrected chi connectivity index (χ3v) is 6.54. The molecule has 31 heavy (non-hydrogen) atoms. The Labute approximate surface area is 179 Å². The van der Waals surface area contributed by atoms with Crippen molar-refractivity contribution in [2.75, 3.05) is 18.5 Å². The van der Waals surface area contributed by atoms with Crippen molar-refractivity contribution in [3.8, 4) is 17.0 Å². The zero-order valence-corrected chi connectivity index (χ0v) is 17.3. The number of carbonyl (C=O) groups is 1. The molecule has 0 saturated heterocycles. The van der Waals surface area contributed by atoms with Crippen LogP contribution in [-0.4, -0.2) is 29.6 Å². The summed E-state index contributed by atoms with van der Waals surface area (Å²) in [7, 11) is 0. The standard InChI is InChI=1S/C25H22FN3O2/c1-13-20(12-29-25-24(13)27-4-5-31-25)16-8-17-18(21(26)9-16)10-23(30)19(17)6-14-7-22(28-11-14)15-2-3-15/h6,8-9,11-12,15,27H,2-5,7,10H2,1H3/b19-6-. The Morgan fingerprint density at radius 3 is 2.94 bits per heavy atom. The van der Waals surface area contributed by atoms with Gasteiger partial charge in [-0.1, -0.05) is 0 Å². The second kappa shape index (κ2) is 6.87. The van der Waals surface area contributed by atoms with Crippen LogP contribution in [0.4, 0.5) is 10.1 Å². The van der Waals surface area contributed by atoms with E-state index in [0.29, 0.717) is 47.2 Å². The van der Waals surface area contributed by atoms with Gasteiger partial charge >= 0.3 is 0 Å². The maximum atomic E-state index is 15.1. The van der Waals surface area contributed by atoms with Crippen molar-refractivity contribution in [2.24, 2.45) is 10.9 Å². The largest absolute Gasteiger partial charge is 0.474 e. The number of fused-ring (bicyclic) bond motifs is 2. The van der Waals surface area contributed by atoms with E-state index in [2.05, 4.69) is 15.3 Å². The molecule has 1 aromatic carbocycles. The fraction of sp³-hybridized carbons (Fsp3) is 0.320. The monoisotopic (exact) mass is 415 g/mol. The third kappa shape index (κ3) is 3.09. The zero-order valence-electron chi connectivity index (χ0n) is 17.3.